The van der Waals surface area contributed by atoms with Gasteiger partial charge in [0.15, 0.2) is 0 Å². The minimum absolute atomic E-state index is 0.0266. The lowest BCUT2D eigenvalue weighted by molar-refractivity contribution is 0.137. The summed E-state index contributed by atoms with van der Waals surface area (Å²) < 4.78 is 0. The van der Waals surface area contributed by atoms with E-state index < -0.39 is 0 Å². The molecule has 1 aliphatic rings. The molecule has 0 saturated carbocycles. The van der Waals surface area contributed by atoms with Crippen molar-refractivity contribution in [3.8, 4) is 0 Å². The van der Waals surface area contributed by atoms with Gasteiger partial charge in [-0.2, -0.15) is 0 Å². The van der Waals surface area contributed by atoms with Crippen LogP contribution in [0.1, 0.15) is 33.1 Å². The Hall–Kier alpha value is -0.0800. The molecule has 0 spiro atoms. The number of aliphatic hydroxyl groups excluding tert-OH is 1. The predicted octanol–water partition coefficient (Wildman–Crippen LogP) is 1.15. The van der Waals surface area contributed by atoms with Crippen molar-refractivity contribution in [1.29, 1.82) is 0 Å². The molecule has 1 saturated heterocycles. The van der Waals surface area contributed by atoms with Crippen LogP contribution in [0.15, 0.2) is 0 Å². The SMILES string of the molecule is CCC.OC1CCNCC1. The van der Waals surface area contributed by atoms with E-state index in [1.165, 1.54) is 6.42 Å². The molecule has 0 aromatic carbocycles. The van der Waals surface area contributed by atoms with Crippen LogP contribution in [-0.4, -0.2) is 24.3 Å². The van der Waals surface area contributed by atoms with Crippen LogP contribution in [0.4, 0.5) is 0 Å². The van der Waals surface area contributed by atoms with Gasteiger partial charge in [0, 0.05) is 0 Å². The van der Waals surface area contributed by atoms with Gasteiger partial charge in [-0.1, -0.05) is 20.3 Å². The van der Waals surface area contributed by atoms with Crippen LogP contribution in [0.25, 0.3) is 0 Å². The van der Waals surface area contributed by atoms with Crippen molar-refractivity contribution in [2.45, 2.75) is 39.2 Å². The summed E-state index contributed by atoms with van der Waals surface area (Å²) in [4.78, 5) is 0. The number of aliphatic hydroxyl groups is 1. The Bertz CT molecular complexity index is 60.3. The summed E-state index contributed by atoms with van der Waals surface area (Å²) in [6.45, 7) is 6.22. The Balaban J connectivity index is 0.000000236. The third-order valence-corrected chi connectivity index (χ3v) is 1.31. The number of piperidine rings is 1. The van der Waals surface area contributed by atoms with Gasteiger partial charge in [0.25, 0.3) is 0 Å². The third-order valence-electron chi connectivity index (χ3n) is 1.31. The lowest BCUT2D eigenvalue weighted by Crippen LogP contribution is -2.30. The highest BCUT2D eigenvalue weighted by Crippen LogP contribution is 1.99. The van der Waals surface area contributed by atoms with Gasteiger partial charge in [0.05, 0.1) is 6.10 Å². The molecule has 2 heteroatoms. The van der Waals surface area contributed by atoms with E-state index in [1.54, 1.807) is 0 Å². The standard InChI is InChI=1S/C5H11NO.C3H8/c7-5-1-3-6-4-2-5;1-3-2/h5-7H,1-4H2;3H2,1-2H3. The molecule has 0 unspecified atom stereocenters. The minimum Gasteiger partial charge on any atom is -0.393 e. The summed E-state index contributed by atoms with van der Waals surface area (Å²) >= 11 is 0. The molecular formula is C8H19NO. The van der Waals surface area contributed by atoms with Crippen molar-refractivity contribution in [3.05, 3.63) is 0 Å². The normalized spacial score (nSPS) is 19.5. The molecule has 1 heterocycles. The Morgan fingerprint density at radius 1 is 1.30 bits per heavy atom. The van der Waals surface area contributed by atoms with Gasteiger partial charge in [-0.05, 0) is 25.9 Å². The van der Waals surface area contributed by atoms with E-state index in [-0.39, 0.29) is 6.10 Å². The van der Waals surface area contributed by atoms with E-state index in [1.807, 2.05) is 0 Å². The zero-order valence-corrected chi connectivity index (χ0v) is 7.06. The predicted molar refractivity (Wildman–Crippen MR) is 44.1 cm³/mol. The van der Waals surface area contributed by atoms with Crippen LogP contribution < -0.4 is 5.32 Å². The summed E-state index contributed by atoms with van der Waals surface area (Å²) in [6.07, 6.45) is 3.08. The second-order valence-electron chi connectivity index (χ2n) is 2.69. The molecule has 0 bridgehead atoms. The van der Waals surface area contributed by atoms with E-state index in [9.17, 15) is 0 Å². The molecule has 62 valence electrons. The second kappa shape index (κ2) is 7.03. The van der Waals surface area contributed by atoms with Gasteiger partial charge in [-0.15, -0.1) is 0 Å². The summed E-state index contributed by atoms with van der Waals surface area (Å²) in [5.74, 6) is 0. The molecule has 0 aromatic rings. The van der Waals surface area contributed by atoms with Gasteiger partial charge in [0.2, 0.25) is 0 Å². The fourth-order valence-corrected chi connectivity index (χ4v) is 0.807. The molecule has 1 aliphatic heterocycles. The van der Waals surface area contributed by atoms with Crippen LogP contribution in [0.5, 0.6) is 0 Å². The molecular weight excluding hydrogens is 126 g/mol. The third kappa shape index (κ3) is 6.05. The maximum absolute atomic E-state index is 8.87. The Labute approximate surface area is 63.6 Å². The quantitative estimate of drug-likeness (QED) is 0.536. The van der Waals surface area contributed by atoms with Gasteiger partial charge < -0.3 is 10.4 Å². The first-order valence-electron chi connectivity index (χ1n) is 4.20. The maximum atomic E-state index is 8.87. The number of hydrogen-bond donors (Lipinski definition) is 2. The molecule has 0 amide bonds. The Morgan fingerprint density at radius 2 is 1.70 bits per heavy atom. The average Bonchev–Trinajstić information content (AvgIpc) is 1.91. The van der Waals surface area contributed by atoms with Gasteiger partial charge >= 0.3 is 0 Å². The smallest absolute Gasteiger partial charge is 0.0564 e. The van der Waals surface area contributed by atoms with Gasteiger partial charge in [0.1, 0.15) is 0 Å². The molecule has 0 atom stereocenters. The summed E-state index contributed by atoms with van der Waals surface area (Å²) in [7, 11) is 0. The van der Waals surface area contributed by atoms with E-state index in [0.29, 0.717) is 0 Å². The minimum atomic E-state index is -0.0266. The summed E-state index contributed by atoms with van der Waals surface area (Å²) in [6, 6.07) is 0. The highest BCUT2D eigenvalue weighted by atomic mass is 16.3. The summed E-state index contributed by atoms with van der Waals surface area (Å²) in [5, 5.41) is 12.0. The lowest BCUT2D eigenvalue weighted by Gasteiger charge is -2.16. The van der Waals surface area contributed by atoms with Crippen molar-refractivity contribution in [3.63, 3.8) is 0 Å². The van der Waals surface area contributed by atoms with Crippen molar-refractivity contribution >= 4 is 0 Å². The van der Waals surface area contributed by atoms with Crippen LogP contribution in [0.3, 0.4) is 0 Å². The second-order valence-corrected chi connectivity index (χ2v) is 2.69. The molecule has 0 radical (unpaired) electrons. The van der Waals surface area contributed by atoms with E-state index >= 15 is 0 Å². The topological polar surface area (TPSA) is 32.3 Å². The van der Waals surface area contributed by atoms with Crippen LogP contribution >= 0.6 is 0 Å². The molecule has 2 N–H and O–H groups in total. The van der Waals surface area contributed by atoms with Gasteiger partial charge in [-0.25, -0.2) is 0 Å². The van der Waals surface area contributed by atoms with Crippen molar-refractivity contribution < 1.29 is 5.11 Å². The molecule has 1 rings (SSSR count). The first-order chi connectivity index (χ1) is 4.81. The number of hydrogen-bond acceptors (Lipinski definition) is 2. The van der Waals surface area contributed by atoms with Crippen molar-refractivity contribution in [2.75, 3.05) is 13.1 Å². The lowest BCUT2D eigenvalue weighted by atomic mass is 10.1. The highest BCUT2D eigenvalue weighted by Gasteiger charge is 2.06. The maximum Gasteiger partial charge on any atom is 0.0564 e. The molecule has 10 heavy (non-hydrogen) atoms. The van der Waals surface area contributed by atoms with E-state index in [0.717, 1.165) is 25.9 Å². The zero-order chi connectivity index (χ0) is 7.82. The first kappa shape index (κ1) is 9.92. The van der Waals surface area contributed by atoms with E-state index in [2.05, 4.69) is 19.2 Å². The molecule has 1 fully saturated rings. The van der Waals surface area contributed by atoms with Crippen LogP contribution in [0.2, 0.25) is 0 Å². The summed E-state index contributed by atoms with van der Waals surface area (Å²) in [5.41, 5.74) is 0. The number of rotatable bonds is 0. The van der Waals surface area contributed by atoms with Gasteiger partial charge in [-0.3, -0.25) is 0 Å². The van der Waals surface area contributed by atoms with Crippen LogP contribution in [0, 0.1) is 0 Å². The number of nitrogens with one attached hydrogen (secondary N) is 1. The zero-order valence-electron chi connectivity index (χ0n) is 7.06. The monoisotopic (exact) mass is 145 g/mol. The molecule has 2 nitrogen and oxygen atoms in total. The average molecular weight is 145 g/mol. The van der Waals surface area contributed by atoms with E-state index in [4.69, 9.17) is 5.11 Å². The largest absolute Gasteiger partial charge is 0.393 e. The Morgan fingerprint density at radius 3 is 1.90 bits per heavy atom. The first-order valence-corrected chi connectivity index (χ1v) is 4.20. The fraction of sp³-hybridized carbons (Fsp3) is 1.00. The van der Waals surface area contributed by atoms with Crippen molar-refractivity contribution in [2.24, 2.45) is 0 Å². The van der Waals surface area contributed by atoms with Crippen LogP contribution in [-0.2, 0) is 0 Å². The van der Waals surface area contributed by atoms with Crippen molar-refractivity contribution in [1.82, 2.24) is 5.32 Å². The Kier molecular flexibility index (Phi) is 6.98. The highest BCUT2D eigenvalue weighted by molar-refractivity contribution is 4.65. The fourth-order valence-electron chi connectivity index (χ4n) is 0.807. The molecule has 0 aliphatic carbocycles. The molecule has 0 aromatic heterocycles.